The van der Waals surface area contributed by atoms with E-state index in [1.165, 1.54) is 4.31 Å². The molecular weight excluding hydrogens is 319 g/mol. The van der Waals surface area contributed by atoms with Crippen LogP contribution in [0.15, 0.2) is 28.0 Å². The summed E-state index contributed by atoms with van der Waals surface area (Å²) in [6.45, 7) is 0.406. The van der Waals surface area contributed by atoms with Crippen molar-refractivity contribution < 1.29 is 21.2 Å². The van der Waals surface area contributed by atoms with Crippen LogP contribution in [-0.2, 0) is 20.0 Å². The molecule has 116 valence electrons. The van der Waals surface area contributed by atoms with E-state index >= 15 is 0 Å². The van der Waals surface area contributed by atoms with Gasteiger partial charge in [-0.15, -0.1) is 0 Å². The van der Waals surface area contributed by atoms with Crippen LogP contribution in [-0.4, -0.2) is 33.7 Å². The Hall–Kier alpha value is -1.03. The van der Waals surface area contributed by atoms with Crippen molar-refractivity contribution in [3.05, 3.63) is 24.0 Å². The molecular formula is C12H15FN2O4S2. The van der Waals surface area contributed by atoms with Crippen molar-refractivity contribution in [1.82, 2.24) is 4.31 Å². The Morgan fingerprint density at radius 3 is 2.38 bits per heavy atom. The fourth-order valence-electron chi connectivity index (χ4n) is 3.17. The van der Waals surface area contributed by atoms with Gasteiger partial charge in [0.05, 0.1) is 4.90 Å². The molecule has 1 heterocycles. The van der Waals surface area contributed by atoms with E-state index < -0.39 is 35.7 Å². The molecule has 0 spiro atoms. The predicted molar refractivity (Wildman–Crippen MR) is 72.8 cm³/mol. The molecule has 0 radical (unpaired) electrons. The average molecular weight is 334 g/mol. The predicted octanol–water partition coefficient (Wildman–Crippen LogP) is 0.646. The summed E-state index contributed by atoms with van der Waals surface area (Å²) in [5.41, 5.74) is 0. The molecule has 2 atom stereocenters. The Bertz CT molecular complexity index is 791. The van der Waals surface area contributed by atoms with Gasteiger partial charge in [0.1, 0.15) is 10.7 Å². The monoisotopic (exact) mass is 334 g/mol. The molecule has 1 aromatic carbocycles. The molecule has 2 fully saturated rings. The van der Waals surface area contributed by atoms with Crippen molar-refractivity contribution in [1.29, 1.82) is 0 Å². The van der Waals surface area contributed by atoms with Gasteiger partial charge in [-0.2, -0.15) is 4.31 Å². The number of primary sulfonamides is 1. The van der Waals surface area contributed by atoms with Gasteiger partial charge in [-0.25, -0.2) is 26.4 Å². The molecule has 21 heavy (non-hydrogen) atoms. The Morgan fingerprint density at radius 2 is 1.90 bits per heavy atom. The van der Waals surface area contributed by atoms with Gasteiger partial charge in [0, 0.05) is 12.6 Å². The average Bonchev–Trinajstić information content (AvgIpc) is 2.99. The lowest BCUT2D eigenvalue weighted by Crippen LogP contribution is -2.38. The number of sulfonamides is 2. The fourth-order valence-corrected chi connectivity index (χ4v) is 5.48. The normalized spacial score (nSPS) is 26.4. The maximum atomic E-state index is 14.0. The van der Waals surface area contributed by atoms with Gasteiger partial charge in [-0.1, -0.05) is 0 Å². The molecule has 0 amide bonds. The molecule has 6 nitrogen and oxygen atoms in total. The number of piperidine rings is 1. The first-order valence-electron chi connectivity index (χ1n) is 6.54. The third-order valence-electron chi connectivity index (χ3n) is 4.18. The lowest BCUT2D eigenvalue weighted by molar-refractivity contribution is 0.332. The highest BCUT2D eigenvalue weighted by Gasteiger charge is 2.45. The molecule has 9 heteroatoms. The molecule has 1 aliphatic heterocycles. The first kappa shape index (κ1) is 14.9. The molecule has 2 unspecified atom stereocenters. The van der Waals surface area contributed by atoms with Crippen molar-refractivity contribution in [3.63, 3.8) is 0 Å². The number of benzene rings is 1. The molecule has 0 aromatic heterocycles. The molecule has 2 N–H and O–H groups in total. The zero-order valence-corrected chi connectivity index (χ0v) is 12.7. The molecule has 1 aromatic rings. The fraction of sp³-hybridized carbons (Fsp3) is 0.500. The molecule has 1 saturated heterocycles. The van der Waals surface area contributed by atoms with Crippen LogP contribution in [0.3, 0.4) is 0 Å². The van der Waals surface area contributed by atoms with Gasteiger partial charge in [0.2, 0.25) is 20.0 Å². The quantitative estimate of drug-likeness (QED) is 0.877. The van der Waals surface area contributed by atoms with Crippen LogP contribution in [0.2, 0.25) is 0 Å². The second-order valence-corrected chi connectivity index (χ2v) is 8.97. The number of fused-ring (bicyclic) bond motifs is 2. The van der Waals surface area contributed by atoms with E-state index in [1.807, 2.05) is 0 Å². The van der Waals surface area contributed by atoms with E-state index in [-0.39, 0.29) is 6.04 Å². The number of halogens is 1. The standard InChI is InChI=1S/C12H15FN2O4S2/c13-11-6-10(20(14,16)17)3-4-12(11)21(18,19)15-7-8-1-2-9(15)5-8/h3-4,6,8-9H,1-2,5,7H2,(H2,14,16,17). The minimum absolute atomic E-state index is 0.0719. The van der Waals surface area contributed by atoms with Crippen LogP contribution in [0.4, 0.5) is 4.39 Å². The molecule has 2 bridgehead atoms. The zero-order valence-electron chi connectivity index (χ0n) is 11.1. The van der Waals surface area contributed by atoms with Crippen molar-refractivity contribution in [2.45, 2.75) is 35.1 Å². The van der Waals surface area contributed by atoms with E-state index in [1.54, 1.807) is 0 Å². The van der Waals surface area contributed by atoms with Crippen molar-refractivity contribution in [2.24, 2.45) is 11.1 Å². The molecule has 3 rings (SSSR count). The van der Waals surface area contributed by atoms with E-state index in [4.69, 9.17) is 5.14 Å². The van der Waals surface area contributed by atoms with E-state index in [0.717, 1.165) is 31.4 Å². The van der Waals surface area contributed by atoms with E-state index in [9.17, 15) is 21.2 Å². The summed E-state index contributed by atoms with van der Waals surface area (Å²) < 4.78 is 62.7. The molecule has 2 aliphatic rings. The summed E-state index contributed by atoms with van der Waals surface area (Å²) in [6, 6.07) is 2.56. The summed E-state index contributed by atoms with van der Waals surface area (Å²) in [6.07, 6.45) is 2.61. The van der Waals surface area contributed by atoms with Gasteiger partial charge >= 0.3 is 0 Å². The van der Waals surface area contributed by atoms with Gasteiger partial charge in [-0.3, -0.25) is 0 Å². The topological polar surface area (TPSA) is 97.5 Å². The summed E-state index contributed by atoms with van der Waals surface area (Å²) in [5.74, 6) is -0.749. The van der Waals surface area contributed by atoms with Crippen LogP contribution >= 0.6 is 0 Å². The first-order valence-corrected chi connectivity index (χ1v) is 9.52. The SMILES string of the molecule is NS(=O)(=O)c1ccc(S(=O)(=O)N2CC3CCC2C3)c(F)c1. The highest BCUT2D eigenvalue weighted by molar-refractivity contribution is 7.89. The van der Waals surface area contributed by atoms with Crippen molar-refractivity contribution in [2.75, 3.05) is 6.54 Å². The number of hydrogen-bond acceptors (Lipinski definition) is 4. The van der Waals surface area contributed by atoms with E-state index in [0.29, 0.717) is 18.5 Å². The van der Waals surface area contributed by atoms with Crippen LogP contribution in [0.25, 0.3) is 0 Å². The minimum Gasteiger partial charge on any atom is -0.225 e. The van der Waals surface area contributed by atoms with Crippen LogP contribution in [0, 0.1) is 11.7 Å². The third-order valence-corrected chi connectivity index (χ3v) is 7.04. The second-order valence-electron chi connectivity index (χ2n) is 5.54. The lowest BCUT2D eigenvalue weighted by Gasteiger charge is -2.26. The first-order chi connectivity index (χ1) is 9.69. The Labute approximate surface area is 122 Å². The Morgan fingerprint density at radius 1 is 1.19 bits per heavy atom. The summed E-state index contributed by atoms with van der Waals surface area (Å²) in [7, 11) is -8.00. The molecule has 1 aliphatic carbocycles. The van der Waals surface area contributed by atoms with Crippen LogP contribution in [0.5, 0.6) is 0 Å². The van der Waals surface area contributed by atoms with Crippen LogP contribution in [0.1, 0.15) is 19.3 Å². The van der Waals surface area contributed by atoms with Crippen molar-refractivity contribution in [3.8, 4) is 0 Å². The summed E-state index contributed by atoms with van der Waals surface area (Å²) in [5, 5.41) is 4.90. The smallest absolute Gasteiger partial charge is 0.225 e. The minimum atomic E-state index is -4.06. The maximum absolute atomic E-state index is 14.0. The molecule has 1 saturated carbocycles. The van der Waals surface area contributed by atoms with Gasteiger partial charge in [-0.05, 0) is 43.4 Å². The maximum Gasteiger partial charge on any atom is 0.246 e. The van der Waals surface area contributed by atoms with E-state index in [2.05, 4.69) is 0 Å². The van der Waals surface area contributed by atoms with Gasteiger partial charge in [0.15, 0.2) is 0 Å². The van der Waals surface area contributed by atoms with Crippen molar-refractivity contribution >= 4 is 20.0 Å². The highest BCUT2D eigenvalue weighted by atomic mass is 32.2. The van der Waals surface area contributed by atoms with Gasteiger partial charge in [0.25, 0.3) is 0 Å². The summed E-state index contributed by atoms with van der Waals surface area (Å²) in [4.78, 5) is -0.940. The Kier molecular flexibility index (Phi) is 3.36. The number of hydrogen-bond donors (Lipinski definition) is 1. The second kappa shape index (κ2) is 4.73. The summed E-state index contributed by atoms with van der Waals surface area (Å²) >= 11 is 0. The Balaban J connectivity index is 2.00. The lowest BCUT2D eigenvalue weighted by atomic mass is 10.1. The number of nitrogens with zero attached hydrogens (tertiary/aromatic N) is 1. The van der Waals surface area contributed by atoms with Gasteiger partial charge < -0.3 is 0 Å². The number of rotatable bonds is 3. The van der Waals surface area contributed by atoms with Crippen LogP contribution < -0.4 is 5.14 Å². The largest absolute Gasteiger partial charge is 0.246 e. The third kappa shape index (κ3) is 2.48. The highest BCUT2D eigenvalue weighted by Crippen LogP contribution is 2.40. The zero-order chi connectivity index (χ0) is 15.4. The number of nitrogens with two attached hydrogens (primary N) is 1.